The van der Waals surface area contributed by atoms with Gasteiger partial charge in [-0.3, -0.25) is 4.79 Å². The van der Waals surface area contributed by atoms with Gasteiger partial charge < -0.3 is 21.1 Å². The van der Waals surface area contributed by atoms with Crippen molar-refractivity contribution in [2.75, 3.05) is 5.32 Å². The lowest BCUT2D eigenvalue weighted by Gasteiger charge is -2.19. The average molecular weight is 341 g/mol. The molecular weight excluding hydrogens is 318 g/mol. The van der Waals surface area contributed by atoms with Crippen molar-refractivity contribution in [2.45, 2.75) is 26.3 Å². The first-order valence-corrected chi connectivity index (χ1v) is 8.14. The summed E-state index contributed by atoms with van der Waals surface area (Å²) in [5.41, 5.74) is 5.76. The maximum Gasteiger partial charge on any atom is 0.312 e. The molecule has 2 aromatic carbocycles. The molecule has 2 rings (SSSR count). The molecule has 0 aliphatic rings. The number of urea groups is 1. The third kappa shape index (κ3) is 6.18. The maximum absolute atomic E-state index is 12.3. The number of carbonyl (C=O) groups is 2. The first-order chi connectivity index (χ1) is 11.9. The summed E-state index contributed by atoms with van der Waals surface area (Å²) in [5, 5.41) is 5.26. The molecular formula is C19H23N3O3. The van der Waals surface area contributed by atoms with E-state index < -0.39 is 12.1 Å². The molecule has 0 heterocycles. The number of rotatable bonds is 7. The number of para-hydroxylation sites is 1. The maximum atomic E-state index is 12.3. The van der Waals surface area contributed by atoms with Crippen LogP contribution in [0.25, 0.3) is 0 Å². The number of anilines is 1. The highest BCUT2D eigenvalue weighted by Crippen LogP contribution is 2.22. The standard InChI is InChI=1S/C19H23N3O3/c1-13(2)12-17(22-19(20)24)18(23)21-14-8-10-16(11-9-14)25-15-6-4-3-5-7-15/h3-11,13,17H,12H2,1-2H3,(H,21,23)(H3,20,22,24)/t17-/m0/s1. The van der Waals surface area contributed by atoms with Gasteiger partial charge in [0, 0.05) is 5.69 Å². The molecule has 6 nitrogen and oxygen atoms in total. The summed E-state index contributed by atoms with van der Waals surface area (Å²) in [5.74, 6) is 1.34. The second kappa shape index (κ2) is 8.73. The number of ether oxygens (including phenoxy) is 1. The fraction of sp³-hybridized carbons (Fsp3) is 0.263. The van der Waals surface area contributed by atoms with Crippen LogP contribution in [0.1, 0.15) is 20.3 Å². The monoisotopic (exact) mass is 341 g/mol. The molecule has 0 aliphatic heterocycles. The zero-order valence-corrected chi connectivity index (χ0v) is 14.4. The Balaban J connectivity index is 1.98. The van der Waals surface area contributed by atoms with Crippen molar-refractivity contribution in [3.63, 3.8) is 0 Å². The SMILES string of the molecule is CC(C)C[C@H](NC(N)=O)C(=O)Nc1ccc(Oc2ccccc2)cc1. The van der Waals surface area contributed by atoms with E-state index in [0.717, 1.165) is 5.75 Å². The summed E-state index contributed by atoms with van der Waals surface area (Å²) in [6.07, 6.45) is 0.504. The van der Waals surface area contributed by atoms with Crippen LogP contribution in [0.3, 0.4) is 0 Å². The van der Waals surface area contributed by atoms with Gasteiger partial charge in [0.2, 0.25) is 5.91 Å². The molecule has 25 heavy (non-hydrogen) atoms. The Morgan fingerprint density at radius 1 is 1.00 bits per heavy atom. The van der Waals surface area contributed by atoms with E-state index >= 15 is 0 Å². The van der Waals surface area contributed by atoms with Crippen LogP contribution in [-0.2, 0) is 4.79 Å². The number of carbonyl (C=O) groups excluding carboxylic acids is 2. The van der Waals surface area contributed by atoms with Gasteiger partial charge in [0.25, 0.3) is 0 Å². The zero-order chi connectivity index (χ0) is 18.2. The van der Waals surface area contributed by atoms with E-state index in [4.69, 9.17) is 10.5 Å². The molecule has 4 N–H and O–H groups in total. The van der Waals surface area contributed by atoms with E-state index in [1.54, 1.807) is 24.3 Å². The minimum Gasteiger partial charge on any atom is -0.457 e. The summed E-state index contributed by atoms with van der Waals surface area (Å²) < 4.78 is 5.70. The van der Waals surface area contributed by atoms with Crippen molar-refractivity contribution >= 4 is 17.6 Å². The van der Waals surface area contributed by atoms with Crippen molar-refractivity contribution in [2.24, 2.45) is 11.7 Å². The van der Waals surface area contributed by atoms with E-state index in [1.807, 2.05) is 44.2 Å². The van der Waals surface area contributed by atoms with E-state index in [1.165, 1.54) is 0 Å². The van der Waals surface area contributed by atoms with Crippen molar-refractivity contribution in [3.05, 3.63) is 54.6 Å². The largest absolute Gasteiger partial charge is 0.457 e. The fourth-order valence-electron chi connectivity index (χ4n) is 2.33. The number of nitrogens with two attached hydrogens (primary N) is 1. The van der Waals surface area contributed by atoms with Crippen molar-refractivity contribution < 1.29 is 14.3 Å². The highest BCUT2D eigenvalue weighted by Gasteiger charge is 2.21. The van der Waals surface area contributed by atoms with Crippen LogP contribution in [0.15, 0.2) is 54.6 Å². The molecule has 0 aliphatic carbocycles. The summed E-state index contributed by atoms with van der Waals surface area (Å²) >= 11 is 0. The topological polar surface area (TPSA) is 93.5 Å². The Hall–Kier alpha value is -3.02. The highest BCUT2D eigenvalue weighted by molar-refractivity contribution is 5.96. The van der Waals surface area contributed by atoms with Gasteiger partial charge in [-0.15, -0.1) is 0 Å². The number of benzene rings is 2. The van der Waals surface area contributed by atoms with Crippen LogP contribution in [0.2, 0.25) is 0 Å². The molecule has 3 amide bonds. The highest BCUT2D eigenvalue weighted by atomic mass is 16.5. The Labute approximate surface area is 147 Å². The van der Waals surface area contributed by atoms with Crippen LogP contribution in [0.5, 0.6) is 11.5 Å². The lowest BCUT2D eigenvalue weighted by Crippen LogP contribution is -2.46. The molecule has 132 valence electrons. The summed E-state index contributed by atoms with van der Waals surface area (Å²) in [6.45, 7) is 3.94. The van der Waals surface area contributed by atoms with Crippen LogP contribution in [0, 0.1) is 5.92 Å². The number of amides is 3. The number of primary amides is 1. The van der Waals surface area contributed by atoms with E-state index in [2.05, 4.69) is 10.6 Å². The Morgan fingerprint density at radius 2 is 1.60 bits per heavy atom. The first-order valence-electron chi connectivity index (χ1n) is 8.14. The van der Waals surface area contributed by atoms with Gasteiger partial charge in [0.15, 0.2) is 0 Å². The summed E-state index contributed by atoms with van der Waals surface area (Å²) in [4.78, 5) is 23.4. The van der Waals surface area contributed by atoms with Gasteiger partial charge in [-0.1, -0.05) is 32.0 Å². The average Bonchev–Trinajstić information content (AvgIpc) is 2.56. The van der Waals surface area contributed by atoms with Crippen LogP contribution >= 0.6 is 0 Å². The minimum absolute atomic E-state index is 0.240. The van der Waals surface area contributed by atoms with Gasteiger partial charge >= 0.3 is 6.03 Å². The molecule has 0 saturated carbocycles. The lowest BCUT2D eigenvalue weighted by atomic mass is 10.0. The van der Waals surface area contributed by atoms with Crippen LogP contribution < -0.4 is 21.1 Å². The quantitative estimate of drug-likeness (QED) is 0.719. The van der Waals surface area contributed by atoms with E-state index in [0.29, 0.717) is 17.9 Å². The fourth-order valence-corrected chi connectivity index (χ4v) is 2.33. The van der Waals surface area contributed by atoms with Crippen molar-refractivity contribution in [3.8, 4) is 11.5 Å². The van der Waals surface area contributed by atoms with E-state index in [-0.39, 0.29) is 11.8 Å². The number of hydrogen-bond acceptors (Lipinski definition) is 3. The van der Waals surface area contributed by atoms with Crippen LogP contribution in [0.4, 0.5) is 10.5 Å². The molecule has 0 bridgehead atoms. The van der Waals surface area contributed by atoms with E-state index in [9.17, 15) is 9.59 Å². The first kappa shape index (κ1) is 18.3. The number of nitrogens with one attached hydrogen (secondary N) is 2. The normalized spacial score (nSPS) is 11.6. The van der Waals surface area contributed by atoms with Crippen molar-refractivity contribution in [1.29, 1.82) is 0 Å². The predicted molar refractivity (Wildman–Crippen MR) is 97.5 cm³/mol. The second-order valence-corrected chi connectivity index (χ2v) is 6.12. The molecule has 0 unspecified atom stereocenters. The van der Waals surface area contributed by atoms with Gasteiger partial charge in [-0.2, -0.15) is 0 Å². The molecule has 2 aromatic rings. The summed E-state index contributed by atoms with van der Waals surface area (Å²) in [6, 6.07) is 15.1. The third-order valence-corrected chi connectivity index (χ3v) is 3.44. The summed E-state index contributed by atoms with van der Waals surface area (Å²) in [7, 11) is 0. The van der Waals surface area contributed by atoms with Crippen LogP contribution in [-0.4, -0.2) is 18.0 Å². The molecule has 1 atom stereocenters. The Bertz CT molecular complexity index is 700. The third-order valence-electron chi connectivity index (χ3n) is 3.44. The zero-order valence-electron chi connectivity index (χ0n) is 14.4. The van der Waals surface area contributed by atoms with Gasteiger partial charge in [-0.25, -0.2) is 4.79 Å². The van der Waals surface area contributed by atoms with Gasteiger partial charge in [-0.05, 0) is 48.7 Å². The minimum atomic E-state index is -0.715. The van der Waals surface area contributed by atoms with Gasteiger partial charge in [0.1, 0.15) is 17.5 Å². The molecule has 6 heteroatoms. The molecule has 0 fully saturated rings. The molecule has 0 aromatic heterocycles. The van der Waals surface area contributed by atoms with Crippen molar-refractivity contribution in [1.82, 2.24) is 5.32 Å². The smallest absolute Gasteiger partial charge is 0.312 e. The lowest BCUT2D eigenvalue weighted by molar-refractivity contribution is -0.118. The molecule has 0 saturated heterocycles. The Kier molecular flexibility index (Phi) is 6.39. The Morgan fingerprint density at radius 3 is 2.16 bits per heavy atom. The van der Waals surface area contributed by atoms with Gasteiger partial charge in [0.05, 0.1) is 0 Å². The predicted octanol–water partition coefficient (Wildman–Crippen LogP) is 3.50. The number of hydrogen-bond donors (Lipinski definition) is 3. The second-order valence-electron chi connectivity index (χ2n) is 6.12. The molecule has 0 radical (unpaired) electrons. The molecule has 0 spiro atoms.